The van der Waals surface area contributed by atoms with Gasteiger partial charge in [0.15, 0.2) is 0 Å². The van der Waals surface area contributed by atoms with E-state index < -0.39 is 6.09 Å². The summed E-state index contributed by atoms with van der Waals surface area (Å²) < 4.78 is 7.45. The van der Waals surface area contributed by atoms with Crippen molar-refractivity contribution in [2.45, 2.75) is 52.7 Å². The van der Waals surface area contributed by atoms with E-state index in [-0.39, 0.29) is 5.41 Å². The molecule has 3 heterocycles. The minimum absolute atomic E-state index is 0.123. The van der Waals surface area contributed by atoms with Gasteiger partial charge in [0.05, 0.1) is 23.4 Å². The van der Waals surface area contributed by atoms with Crippen molar-refractivity contribution in [3.05, 3.63) is 102 Å². The Morgan fingerprint density at radius 2 is 1.69 bits per heavy atom. The van der Waals surface area contributed by atoms with Crippen molar-refractivity contribution in [3.63, 3.8) is 0 Å². The molecule has 45 heavy (non-hydrogen) atoms. The Morgan fingerprint density at radius 1 is 0.933 bits per heavy atom. The van der Waals surface area contributed by atoms with E-state index in [2.05, 4.69) is 94.1 Å². The molecular weight excluding hydrogens is 562 g/mol. The summed E-state index contributed by atoms with van der Waals surface area (Å²) in [5.74, 6) is 1.83. The van der Waals surface area contributed by atoms with Crippen LogP contribution in [-0.4, -0.2) is 63.3 Å². The molecule has 234 valence electrons. The lowest BCUT2D eigenvalue weighted by atomic mass is 9.87. The number of fused-ring (bicyclic) bond motifs is 1. The van der Waals surface area contributed by atoms with Crippen LogP contribution in [0.4, 0.5) is 10.5 Å². The zero-order valence-corrected chi connectivity index (χ0v) is 26.7. The largest absolute Gasteiger partial charge is 0.448 e. The molecule has 2 N–H and O–H groups in total. The molecule has 3 aromatic carbocycles. The Hall–Kier alpha value is -4.63. The number of amides is 1. The van der Waals surface area contributed by atoms with Gasteiger partial charge in [-0.15, -0.1) is 0 Å². The molecule has 1 aliphatic heterocycles. The highest BCUT2D eigenvalue weighted by Crippen LogP contribution is 2.30. The summed E-state index contributed by atoms with van der Waals surface area (Å²) in [6, 6.07) is 24.9. The average Bonchev–Trinajstić information content (AvgIpc) is 3.63. The zero-order valence-electron chi connectivity index (χ0n) is 26.7. The molecule has 6 rings (SSSR count). The molecule has 5 aromatic rings. The number of imidazole rings is 2. The summed E-state index contributed by atoms with van der Waals surface area (Å²) >= 11 is 0. The predicted octanol–water partition coefficient (Wildman–Crippen LogP) is 6.28. The molecule has 0 atom stereocenters. The van der Waals surface area contributed by atoms with E-state index in [1.165, 1.54) is 11.3 Å². The number of para-hydroxylation sites is 1. The van der Waals surface area contributed by atoms with E-state index in [4.69, 9.17) is 14.7 Å². The smallest absolute Gasteiger partial charge is 0.407 e. The van der Waals surface area contributed by atoms with Gasteiger partial charge in [-0.2, -0.15) is 0 Å². The molecule has 0 bridgehead atoms. The Labute approximate surface area is 265 Å². The fourth-order valence-electron chi connectivity index (χ4n) is 5.85. The fraction of sp³-hybridized carbons (Fsp3) is 0.361. The minimum atomic E-state index is -0.411. The first-order valence-corrected chi connectivity index (χ1v) is 15.8. The van der Waals surface area contributed by atoms with Gasteiger partial charge >= 0.3 is 6.09 Å². The molecule has 1 saturated heterocycles. The third-order valence-electron chi connectivity index (χ3n) is 8.49. The number of ether oxygens (including phenoxy) is 1. The standard InChI is InChI=1S/C36H43N7O2/c1-26-38-30(25-43(26)21-22-45-35(44)37-23-27-9-6-5-7-10-27)24-41-17-19-42(20-18-41)32-12-8-11-31-33(32)40-34(39-31)28-13-15-29(16-14-28)36(2,3)4/h5-16,25H,17-24H2,1-4H3,(H,37,44)(H,39,40). The maximum atomic E-state index is 12.1. The summed E-state index contributed by atoms with van der Waals surface area (Å²) in [6.07, 6.45) is 1.67. The number of aromatic amines is 1. The maximum Gasteiger partial charge on any atom is 0.407 e. The minimum Gasteiger partial charge on any atom is -0.448 e. The average molecular weight is 606 g/mol. The first kappa shape index (κ1) is 30.4. The quantitative estimate of drug-likeness (QED) is 0.206. The monoisotopic (exact) mass is 605 g/mol. The third-order valence-corrected chi connectivity index (χ3v) is 8.49. The van der Waals surface area contributed by atoms with Crippen LogP contribution in [0.15, 0.2) is 79.0 Å². The topological polar surface area (TPSA) is 91.3 Å². The summed E-state index contributed by atoms with van der Waals surface area (Å²) in [4.78, 5) is 30.4. The Morgan fingerprint density at radius 3 is 2.42 bits per heavy atom. The molecule has 1 amide bonds. The second-order valence-electron chi connectivity index (χ2n) is 12.8. The third kappa shape index (κ3) is 7.37. The first-order valence-electron chi connectivity index (χ1n) is 15.8. The molecule has 0 unspecified atom stereocenters. The summed E-state index contributed by atoms with van der Waals surface area (Å²) in [7, 11) is 0. The summed E-state index contributed by atoms with van der Waals surface area (Å²) in [5, 5.41) is 2.80. The van der Waals surface area contributed by atoms with Crippen LogP contribution in [0.2, 0.25) is 0 Å². The van der Waals surface area contributed by atoms with Crippen LogP contribution >= 0.6 is 0 Å². The van der Waals surface area contributed by atoms with E-state index in [1.807, 2.05) is 37.3 Å². The molecule has 0 aliphatic carbocycles. The molecule has 2 aromatic heterocycles. The van der Waals surface area contributed by atoms with E-state index in [9.17, 15) is 4.79 Å². The fourth-order valence-corrected chi connectivity index (χ4v) is 5.85. The van der Waals surface area contributed by atoms with Gasteiger partial charge in [-0.3, -0.25) is 4.90 Å². The van der Waals surface area contributed by atoms with Gasteiger partial charge in [-0.05, 0) is 35.6 Å². The Bertz CT molecular complexity index is 1730. The van der Waals surface area contributed by atoms with Crippen molar-refractivity contribution in [1.82, 2.24) is 29.7 Å². The van der Waals surface area contributed by atoms with Crippen LogP contribution in [0.1, 0.15) is 43.4 Å². The van der Waals surface area contributed by atoms with Gasteiger partial charge in [0.1, 0.15) is 23.8 Å². The lowest BCUT2D eigenvalue weighted by molar-refractivity contribution is 0.141. The lowest BCUT2D eigenvalue weighted by Gasteiger charge is -2.35. The summed E-state index contributed by atoms with van der Waals surface area (Å²) in [5.41, 5.74) is 7.86. The van der Waals surface area contributed by atoms with Crippen molar-refractivity contribution in [2.75, 3.05) is 37.7 Å². The van der Waals surface area contributed by atoms with Crippen molar-refractivity contribution in [3.8, 4) is 11.4 Å². The maximum absolute atomic E-state index is 12.1. The number of carbonyl (C=O) groups is 1. The first-order chi connectivity index (χ1) is 21.7. The number of aromatic nitrogens is 4. The van der Waals surface area contributed by atoms with Crippen LogP contribution < -0.4 is 10.2 Å². The molecule has 1 fully saturated rings. The highest BCUT2D eigenvalue weighted by atomic mass is 16.5. The number of H-pyrrole nitrogens is 1. The van der Waals surface area contributed by atoms with Crippen LogP contribution in [-0.2, 0) is 29.8 Å². The van der Waals surface area contributed by atoms with Gasteiger partial charge in [-0.1, -0.05) is 81.4 Å². The number of carbonyl (C=O) groups excluding carboxylic acids is 1. The van der Waals surface area contributed by atoms with Gasteiger partial charge in [0, 0.05) is 51.0 Å². The Kier molecular flexibility index (Phi) is 8.89. The second kappa shape index (κ2) is 13.2. The van der Waals surface area contributed by atoms with Crippen molar-refractivity contribution >= 4 is 22.8 Å². The predicted molar refractivity (Wildman–Crippen MR) is 179 cm³/mol. The van der Waals surface area contributed by atoms with E-state index >= 15 is 0 Å². The van der Waals surface area contributed by atoms with Crippen LogP contribution in [0, 0.1) is 6.92 Å². The lowest BCUT2D eigenvalue weighted by Crippen LogP contribution is -2.46. The molecule has 0 spiro atoms. The number of alkyl carbamates (subject to hydrolysis) is 1. The number of nitrogens with one attached hydrogen (secondary N) is 2. The Balaban J connectivity index is 1.01. The van der Waals surface area contributed by atoms with Gasteiger partial charge in [0.2, 0.25) is 0 Å². The van der Waals surface area contributed by atoms with E-state index in [0.29, 0.717) is 19.7 Å². The number of benzene rings is 3. The van der Waals surface area contributed by atoms with Crippen molar-refractivity contribution < 1.29 is 9.53 Å². The zero-order chi connectivity index (χ0) is 31.4. The second-order valence-corrected chi connectivity index (χ2v) is 12.8. The highest BCUT2D eigenvalue weighted by molar-refractivity contribution is 5.91. The number of nitrogens with zero attached hydrogens (tertiary/aromatic N) is 5. The van der Waals surface area contributed by atoms with E-state index in [1.54, 1.807) is 0 Å². The number of hydrogen-bond donors (Lipinski definition) is 2. The number of hydrogen-bond acceptors (Lipinski definition) is 6. The SMILES string of the molecule is Cc1nc(CN2CCN(c3cccc4[nH]c(-c5ccc(C(C)(C)C)cc5)nc34)CC2)cn1CCOC(=O)NCc1ccccc1. The molecule has 1 aliphatic rings. The number of piperazine rings is 1. The molecular formula is C36H43N7O2. The number of anilines is 1. The summed E-state index contributed by atoms with van der Waals surface area (Å²) in [6.45, 7) is 14.5. The van der Waals surface area contributed by atoms with E-state index in [0.717, 1.165) is 72.2 Å². The van der Waals surface area contributed by atoms with Gasteiger partial charge in [-0.25, -0.2) is 14.8 Å². The highest BCUT2D eigenvalue weighted by Gasteiger charge is 2.22. The molecule has 9 nitrogen and oxygen atoms in total. The molecule has 0 radical (unpaired) electrons. The van der Waals surface area contributed by atoms with Crippen LogP contribution in [0.3, 0.4) is 0 Å². The molecule has 0 saturated carbocycles. The number of aryl methyl sites for hydroxylation is 1. The van der Waals surface area contributed by atoms with Crippen molar-refractivity contribution in [2.24, 2.45) is 0 Å². The number of rotatable bonds is 9. The van der Waals surface area contributed by atoms with Crippen LogP contribution in [0.25, 0.3) is 22.4 Å². The van der Waals surface area contributed by atoms with Crippen LogP contribution in [0.5, 0.6) is 0 Å². The van der Waals surface area contributed by atoms with Gasteiger partial charge in [0.25, 0.3) is 0 Å². The normalized spacial score (nSPS) is 14.2. The molecule has 9 heteroatoms. The van der Waals surface area contributed by atoms with Crippen molar-refractivity contribution in [1.29, 1.82) is 0 Å². The van der Waals surface area contributed by atoms with Gasteiger partial charge < -0.3 is 24.5 Å².